The first kappa shape index (κ1) is 14.7. The summed E-state index contributed by atoms with van der Waals surface area (Å²) >= 11 is 3.54. The van der Waals surface area contributed by atoms with Gasteiger partial charge in [0, 0.05) is 21.8 Å². The molecular weight excluding hydrogens is 318 g/mol. The van der Waals surface area contributed by atoms with Crippen LogP contribution in [0.15, 0.2) is 40.9 Å². The molecule has 1 atom stereocenters. The summed E-state index contributed by atoms with van der Waals surface area (Å²) in [5, 5.41) is 13.4. The summed E-state index contributed by atoms with van der Waals surface area (Å²) < 4.78 is 6.10. The highest BCUT2D eigenvalue weighted by atomic mass is 79.9. The molecule has 0 fully saturated rings. The maximum Gasteiger partial charge on any atom is 0.124 e. The van der Waals surface area contributed by atoms with E-state index in [0.717, 1.165) is 15.7 Å². The van der Waals surface area contributed by atoms with Gasteiger partial charge in [-0.3, -0.25) is 0 Å². The number of phenolic OH excluding ortho intramolecular Hbond substituents is 1. The topological polar surface area (TPSA) is 41.5 Å². The number of ether oxygens (including phenoxy) is 1. The molecular formula is C16H18BrNO2. The fraction of sp³-hybridized carbons (Fsp3) is 0.250. The standard InChI is InChI=1S/C16H18BrNO2/c1-10-4-7-15(14(17)8-10)18-11(2)13-6-5-12(20-3)9-16(13)19/h4-9,11,18-19H,1-3H3. The molecule has 0 aliphatic heterocycles. The summed E-state index contributed by atoms with van der Waals surface area (Å²) in [6.45, 7) is 4.06. The second kappa shape index (κ2) is 6.18. The van der Waals surface area contributed by atoms with Gasteiger partial charge in [-0.1, -0.05) is 6.07 Å². The van der Waals surface area contributed by atoms with Crippen LogP contribution < -0.4 is 10.1 Å². The zero-order valence-corrected chi connectivity index (χ0v) is 13.4. The number of methoxy groups -OCH3 is 1. The van der Waals surface area contributed by atoms with Crippen LogP contribution in [0.2, 0.25) is 0 Å². The van der Waals surface area contributed by atoms with Crippen molar-refractivity contribution in [3.05, 3.63) is 52.0 Å². The van der Waals surface area contributed by atoms with Crippen molar-refractivity contribution in [2.75, 3.05) is 12.4 Å². The highest BCUT2D eigenvalue weighted by molar-refractivity contribution is 9.10. The number of hydrogen-bond donors (Lipinski definition) is 2. The van der Waals surface area contributed by atoms with Crippen LogP contribution in [-0.4, -0.2) is 12.2 Å². The van der Waals surface area contributed by atoms with Gasteiger partial charge in [-0.05, 0) is 59.6 Å². The first-order chi connectivity index (χ1) is 9.51. The SMILES string of the molecule is COc1ccc(C(C)Nc2ccc(C)cc2Br)c(O)c1. The monoisotopic (exact) mass is 335 g/mol. The predicted molar refractivity (Wildman–Crippen MR) is 85.6 cm³/mol. The molecule has 2 aromatic carbocycles. The minimum Gasteiger partial charge on any atom is -0.507 e. The molecule has 0 amide bonds. The lowest BCUT2D eigenvalue weighted by Gasteiger charge is -2.18. The third kappa shape index (κ3) is 3.25. The molecule has 1 unspecified atom stereocenters. The van der Waals surface area contributed by atoms with Crippen LogP contribution in [0.5, 0.6) is 11.5 Å². The zero-order valence-electron chi connectivity index (χ0n) is 11.8. The number of benzene rings is 2. The smallest absolute Gasteiger partial charge is 0.124 e. The Morgan fingerprint density at radius 1 is 1.20 bits per heavy atom. The van der Waals surface area contributed by atoms with Crippen LogP contribution in [-0.2, 0) is 0 Å². The van der Waals surface area contributed by atoms with Crippen molar-refractivity contribution in [1.29, 1.82) is 0 Å². The number of aromatic hydroxyl groups is 1. The molecule has 0 radical (unpaired) electrons. The second-order valence-electron chi connectivity index (χ2n) is 4.77. The van der Waals surface area contributed by atoms with Crippen LogP contribution in [0.3, 0.4) is 0 Å². The lowest BCUT2D eigenvalue weighted by molar-refractivity contribution is 0.406. The molecule has 0 spiro atoms. The molecule has 2 N–H and O–H groups in total. The Labute approximate surface area is 127 Å². The van der Waals surface area contributed by atoms with Crippen LogP contribution in [0.1, 0.15) is 24.1 Å². The van der Waals surface area contributed by atoms with Crippen molar-refractivity contribution in [1.82, 2.24) is 0 Å². The van der Waals surface area contributed by atoms with Gasteiger partial charge in [0.1, 0.15) is 11.5 Å². The molecule has 0 saturated carbocycles. The summed E-state index contributed by atoms with van der Waals surface area (Å²) in [5.41, 5.74) is 3.03. The Hall–Kier alpha value is -1.68. The average molecular weight is 336 g/mol. The second-order valence-corrected chi connectivity index (χ2v) is 5.63. The van der Waals surface area contributed by atoms with E-state index in [1.54, 1.807) is 13.2 Å². The molecule has 0 aromatic heterocycles. The van der Waals surface area contributed by atoms with E-state index in [0.29, 0.717) is 5.75 Å². The molecule has 2 rings (SSSR count). The molecule has 0 heterocycles. The van der Waals surface area contributed by atoms with Crippen LogP contribution in [0.4, 0.5) is 5.69 Å². The average Bonchev–Trinajstić information content (AvgIpc) is 2.41. The molecule has 0 aliphatic carbocycles. The number of phenols is 1. The van der Waals surface area contributed by atoms with Crippen molar-refractivity contribution in [3.63, 3.8) is 0 Å². The molecule has 0 saturated heterocycles. The quantitative estimate of drug-likeness (QED) is 0.854. The van der Waals surface area contributed by atoms with Gasteiger partial charge in [-0.25, -0.2) is 0 Å². The van der Waals surface area contributed by atoms with E-state index in [4.69, 9.17) is 4.74 Å². The normalized spacial score (nSPS) is 12.0. The Morgan fingerprint density at radius 3 is 2.55 bits per heavy atom. The van der Waals surface area contributed by atoms with E-state index in [-0.39, 0.29) is 11.8 Å². The molecule has 3 nitrogen and oxygen atoms in total. The number of rotatable bonds is 4. The van der Waals surface area contributed by atoms with Crippen molar-refractivity contribution in [3.8, 4) is 11.5 Å². The summed E-state index contributed by atoms with van der Waals surface area (Å²) in [7, 11) is 1.58. The van der Waals surface area contributed by atoms with Crippen molar-refractivity contribution in [2.45, 2.75) is 19.9 Å². The van der Waals surface area contributed by atoms with Crippen LogP contribution in [0, 0.1) is 6.92 Å². The van der Waals surface area contributed by atoms with Gasteiger partial charge in [0.2, 0.25) is 0 Å². The molecule has 2 aromatic rings. The minimum absolute atomic E-state index is 0.0140. The highest BCUT2D eigenvalue weighted by Gasteiger charge is 2.12. The number of halogens is 1. The van der Waals surface area contributed by atoms with E-state index in [1.165, 1.54) is 5.56 Å². The Bertz CT molecular complexity index is 613. The number of aryl methyl sites for hydroxylation is 1. The van der Waals surface area contributed by atoms with Crippen molar-refractivity contribution in [2.24, 2.45) is 0 Å². The minimum atomic E-state index is -0.0140. The fourth-order valence-corrected chi connectivity index (χ4v) is 2.67. The molecule has 106 valence electrons. The summed E-state index contributed by atoms with van der Waals surface area (Å²) in [6.07, 6.45) is 0. The maximum absolute atomic E-state index is 10.1. The maximum atomic E-state index is 10.1. The van der Waals surface area contributed by atoms with Gasteiger partial charge < -0.3 is 15.2 Å². The van der Waals surface area contributed by atoms with Crippen LogP contribution in [0.25, 0.3) is 0 Å². The lowest BCUT2D eigenvalue weighted by atomic mass is 10.1. The van der Waals surface area contributed by atoms with E-state index in [1.807, 2.05) is 38.1 Å². The largest absolute Gasteiger partial charge is 0.507 e. The third-order valence-electron chi connectivity index (χ3n) is 3.20. The van der Waals surface area contributed by atoms with E-state index < -0.39 is 0 Å². The molecule has 0 aliphatic rings. The van der Waals surface area contributed by atoms with E-state index >= 15 is 0 Å². The molecule has 0 bridgehead atoms. The Morgan fingerprint density at radius 2 is 1.95 bits per heavy atom. The van der Waals surface area contributed by atoms with Gasteiger partial charge in [-0.2, -0.15) is 0 Å². The highest BCUT2D eigenvalue weighted by Crippen LogP contribution is 2.32. The van der Waals surface area contributed by atoms with E-state index in [9.17, 15) is 5.11 Å². The van der Waals surface area contributed by atoms with Crippen LogP contribution >= 0.6 is 15.9 Å². The van der Waals surface area contributed by atoms with Crippen molar-refractivity contribution < 1.29 is 9.84 Å². The third-order valence-corrected chi connectivity index (χ3v) is 3.86. The first-order valence-electron chi connectivity index (χ1n) is 6.41. The summed E-state index contributed by atoms with van der Waals surface area (Å²) in [6, 6.07) is 11.5. The first-order valence-corrected chi connectivity index (χ1v) is 7.20. The van der Waals surface area contributed by atoms with Gasteiger partial charge in [0.05, 0.1) is 13.2 Å². The number of hydrogen-bond acceptors (Lipinski definition) is 3. The van der Waals surface area contributed by atoms with E-state index in [2.05, 4.69) is 27.3 Å². The van der Waals surface area contributed by atoms with Gasteiger partial charge in [-0.15, -0.1) is 0 Å². The summed E-state index contributed by atoms with van der Waals surface area (Å²) in [5.74, 6) is 0.877. The van der Waals surface area contributed by atoms with Gasteiger partial charge in [0.15, 0.2) is 0 Å². The zero-order chi connectivity index (χ0) is 14.7. The van der Waals surface area contributed by atoms with Gasteiger partial charge in [0.25, 0.3) is 0 Å². The summed E-state index contributed by atoms with van der Waals surface area (Å²) in [4.78, 5) is 0. The molecule has 4 heteroatoms. The predicted octanol–water partition coefficient (Wildman–Crippen LogP) is 4.64. The van der Waals surface area contributed by atoms with Crippen molar-refractivity contribution >= 4 is 21.6 Å². The van der Waals surface area contributed by atoms with Gasteiger partial charge >= 0.3 is 0 Å². The Balaban J connectivity index is 2.21. The Kier molecular flexibility index (Phi) is 4.55. The number of anilines is 1. The molecule has 20 heavy (non-hydrogen) atoms. The lowest BCUT2D eigenvalue weighted by Crippen LogP contribution is -2.07. The fourth-order valence-electron chi connectivity index (χ4n) is 2.06. The number of nitrogens with one attached hydrogen (secondary N) is 1.